The average molecular weight is 219 g/mol. The van der Waals surface area contributed by atoms with Gasteiger partial charge in [0.25, 0.3) is 0 Å². The van der Waals surface area contributed by atoms with Gasteiger partial charge >= 0.3 is 0 Å². The van der Waals surface area contributed by atoms with Crippen LogP contribution in [0.2, 0.25) is 0 Å². The lowest BCUT2D eigenvalue weighted by Gasteiger charge is -2.35. The van der Waals surface area contributed by atoms with E-state index in [0.29, 0.717) is 12.1 Å². The molecule has 0 saturated heterocycles. The first-order chi connectivity index (χ1) is 7.81. The zero-order valence-corrected chi connectivity index (χ0v) is 10.2. The Kier molecular flexibility index (Phi) is 3.83. The third-order valence-electron chi connectivity index (χ3n) is 3.29. The molecule has 0 aromatic heterocycles. The van der Waals surface area contributed by atoms with E-state index >= 15 is 0 Å². The Labute approximate surface area is 98.0 Å². The van der Waals surface area contributed by atoms with Crippen LogP contribution >= 0.6 is 0 Å². The van der Waals surface area contributed by atoms with E-state index in [-0.39, 0.29) is 0 Å². The van der Waals surface area contributed by atoms with Crippen molar-refractivity contribution in [1.29, 1.82) is 0 Å². The fraction of sp³-hybridized carbons (Fsp3) is 0.571. The van der Waals surface area contributed by atoms with Gasteiger partial charge in [0.15, 0.2) is 0 Å². The van der Waals surface area contributed by atoms with Gasteiger partial charge in [-0.15, -0.1) is 0 Å². The molecule has 0 atom stereocenters. The lowest BCUT2D eigenvalue weighted by Crippen LogP contribution is -2.40. The van der Waals surface area contributed by atoms with Crippen molar-refractivity contribution >= 4 is 5.69 Å². The number of benzene rings is 1. The second kappa shape index (κ2) is 5.35. The van der Waals surface area contributed by atoms with Gasteiger partial charge in [0, 0.05) is 18.8 Å². The van der Waals surface area contributed by atoms with Crippen molar-refractivity contribution in [3.63, 3.8) is 0 Å². The summed E-state index contributed by atoms with van der Waals surface area (Å²) < 4.78 is 5.27. The summed E-state index contributed by atoms with van der Waals surface area (Å²) in [6, 6.07) is 9.41. The third kappa shape index (κ3) is 2.76. The summed E-state index contributed by atoms with van der Waals surface area (Å²) >= 11 is 0. The monoisotopic (exact) mass is 219 g/mol. The minimum Gasteiger partial charge on any atom is -0.382 e. The second-order valence-corrected chi connectivity index (χ2v) is 4.62. The summed E-state index contributed by atoms with van der Waals surface area (Å²) in [6.07, 6.45) is 5.12. The first kappa shape index (κ1) is 11.5. The molecule has 88 valence electrons. The Morgan fingerprint density at radius 1 is 1.25 bits per heavy atom. The van der Waals surface area contributed by atoms with Crippen LogP contribution in [0, 0.1) is 0 Å². The van der Waals surface area contributed by atoms with Gasteiger partial charge in [-0.1, -0.05) is 25.5 Å². The number of anilines is 1. The molecule has 0 unspecified atom stereocenters. The van der Waals surface area contributed by atoms with E-state index in [1.54, 1.807) is 7.11 Å². The van der Waals surface area contributed by atoms with Crippen LogP contribution in [-0.2, 0) is 11.2 Å². The summed E-state index contributed by atoms with van der Waals surface area (Å²) in [4.78, 5) is 0. The quantitative estimate of drug-likeness (QED) is 0.821. The number of rotatable bonds is 5. The number of aryl methyl sites for hydroxylation is 1. The number of hydrogen-bond donors (Lipinski definition) is 1. The molecule has 1 saturated carbocycles. The molecule has 0 radical (unpaired) electrons. The lowest BCUT2D eigenvalue weighted by atomic mass is 9.89. The molecular formula is C14H21NO. The van der Waals surface area contributed by atoms with Gasteiger partial charge in [0.1, 0.15) is 0 Å². The Balaban J connectivity index is 1.82. The summed E-state index contributed by atoms with van der Waals surface area (Å²) in [7, 11) is 1.79. The molecule has 2 heteroatoms. The predicted molar refractivity (Wildman–Crippen MR) is 67.9 cm³/mol. The van der Waals surface area contributed by atoms with Crippen LogP contribution in [0.1, 0.15) is 31.7 Å². The highest BCUT2D eigenvalue weighted by Gasteiger charge is 2.28. The lowest BCUT2D eigenvalue weighted by molar-refractivity contribution is 0.0329. The third-order valence-corrected chi connectivity index (χ3v) is 3.29. The van der Waals surface area contributed by atoms with Crippen molar-refractivity contribution < 1.29 is 4.74 Å². The van der Waals surface area contributed by atoms with Gasteiger partial charge in [0.05, 0.1) is 6.10 Å². The summed E-state index contributed by atoms with van der Waals surface area (Å²) in [5.74, 6) is 0. The van der Waals surface area contributed by atoms with E-state index in [4.69, 9.17) is 4.74 Å². The smallest absolute Gasteiger partial charge is 0.0610 e. The Hall–Kier alpha value is -1.02. The van der Waals surface area contributed by atoms with Gasteiger partial charge in [-0.3, -0.25) is 0 Å². The molecule has 1 aromatic rings. The van der Waals surface area contributed by atoms with E-state index in [9.17, 15) is 0 Å². The largest absolute Gasteiger partial charge is 0.382 e. The van der Waals surface area contributed by atoms with Crippen LogP contribution in [0.15, 0.2) is 24.3 Å². The number of ether oxygens (including phenoxy) is 1. The maximum Gasteiger partial charge on any atom is 0.0610 e. The van der Waals surface area contributed by atoms with E-state index in [2.05, 4.69) is 36.5 Å². The standard InChI is InChI=1S/C14H21NO/c1-3-4-11-5-7-12(8-6-11)15-13-9-14(10-13)16-2/h5-8,13-15H,3-4,9-10H2,1-2H3. The van der Waals surface area contributed by atoms with Crippen LogP contribution in [0.3, 0.4) is 0 Å². The van der Waals surface area contributed by atoms with Crippen LogP contribution in [0.25, 0.3) is 0 Å². The molecular weight excluding hydrogens is 198 g/mol. The van der Waals surface area contributed by atoms with Crippen molar-refractivity contribution in [2.45, 2.75) is 44.8 Å². The van der Waals surface area contributed by atoms with Crippen LogP contribution in [-0.4, -0.2) is 19.3 Å². The SMILES string of the molecule is CCCc1ccc(NC2CC(OC)C2)cc1. The zero-order chi connectivity index (χ0) is 11.4. The molecule has 1 aliphatic rings. The van der Waals surface area contributed by atoms with Crippen molar-refractivity contribution in [1.82, 2.24) is 0 Å². The predicted octanol–water partition coefficient (Wildman–Crippen LogP) is 3.23. The summed E-state index contributed by atoms with van der Waals surface area (Å²) in [6.45, 7) is 2.21. The molecule has 16 heavy (non-hydrogen) atoms. The van der Waals surface area contributed by atoms with Crippen molar-refractivity contribution in [3.8, 4) is 0 Å². The molecule has 2 rings (SSSR count). The number of nitrogens with one attached hydrogen (secondary N) is 1. The number of methoxy groups -OCH3 is 1. The molecule has 1 fully saturated rings. The van der Waals surface area contributed by atoms with Crippen LogP contribution < -0.4 is 5.32 Å². The Morgan fingerprint density at radius 2 is 1.94 bits per heavy atom. The maximum atomic E-state index is 5.27. The molecule has 0 aliphatic heterocycles. The molecule has 0 heterocycles. The van der Waals surface area contributed by atoms with Gasteiger partial charge in [0.2, 0.25) is 0 Å². The van der Waals surface area contributed by atoms with Crippen molar-refractivity contribution in [2.75, 3.05) is 12.4 Å². The van der Waals surface area contributed by atoms with Crippen molar-refractivity contribution in [3.05, 3.63) is 29.8 Å². The van der Waals surface area contributed by atoms with E-state index in [0.717, 1.165) is 12.8 Å². The highest BCUT2D eigenvalue weighted by molar-refractivity contribution is 5.46. The van der Waals surface area contributed by atoms with Crippen LogP contribution in [0.4, 0.5) is 5.69 Å². The van der Waals surface area contributed by atoms with Gasteiger partial charge in [-0.25, -0.2) is 0 Å². The second-order valence-electron chi connectivity index (χ2n) is 4.62. The molecule has 1 aliphatic carbocycles. The molecule has 2 nitrogen and oxygen atoms in total. The zero-order valence-electron chi connectivity index (χ0n) is 10.2. The number of hydrogen-bond acceptors (Lipinski definition) is 2. The van der Waals surface area contributed by atoms with Gasteiger partial charge in [-0.05, 0) is 37.0 Å². The summed E-state index contributed by atoms with van der Waals surface area (Å²) in [5.41, 5.74) is 2.66. The van der Waals surface area contributed by atoms with E-state index in [1.807, 2.05) is 0 Å². The van der Waals surface area contributed by atoms with Crippen LogP contribution in [0.5, 0.6) is 0 Å². The highest BCUT2D eigenvalue weighted by atomic mass is 16.5. The summed E-state index contributed by atoms with van der Waals surface area (Å²) in [5, 5.41) is 3.53. The molecule has 0 amide bonds. The average Bonchev–Trinajstić information content (AvgIpc) is 2.25. The fourth-order valence-corrected chi connectivity index (χ4v) is 2.17. The first-order valence-corrected chi connectivity index (χ1v) is 6.20. The van der Waals surface area contributed by atoms with Gasteiger partial charge < -0.3 is 10.1 Å². The molecule has 0 spiro atoms. The minimum absolute atomic E-state index is 0.469. The normalized spacial score (nSPS) is 23.9. The van der Waals surface area contributed by atoms with Gasteiger partial charge in [-0.2, -0.15) is 0 Å². The van der Waals surface area contributed by atoms with E-state index < -0.39 is 0 Å². The van der Waals surface area contributed by atoms with Crippen molar-refractivity contribution in [2.24, 2.45) is 0 Å². The Bertz CT molecular complexity index is 314. The molecule has 0 bridgehead atoms. The van der Waals surface area contributed by atoms with E-state index in [1.165, 1.54) is 24.1 Å². The first-order valence-electron chi connectivity index (χ1n) is 6.20. The topological polar surface area (TPSA) is 21.3 Å². The minimum atomic E-state index is 0.469. The molecule has 1 aromatic carbocycles. The fourth-order valence-electron chi connectivity index (χ4n) is 2.17. The Morgan fingerprint density at radius 3 is 2.50 bits per heavy atom. The highest BCUT2D eigenvalue weighted by Crippen LogP contribution is 2.26. The maximum absolute atomic E-state index is 5.27. The molecule has 1 N–H and O–H groups in total.